The first kappa shape index (κ1) is 17.5. The number of carbonyl (C=O) groups excluding carboxylic acids is 1. The summed E-state index contributed by atoms with van der Waals surface area (Å²) in [7, 11) is 0. The Morgan fingerprint density at radius 2 is 1.96 bits per heavy atom. The summed E-state index contributed by atoms with van der Waals surface area (Å²) in [4.78, 5) is 18.8. The number of aromatic amines is 2. The number of aromatic nitrogens is 3. The summed E-state index contributed by atoms with van der Waals surface area (Å²) in [6, 6.07) is 4.45. The Hall–Kier alpha value is -2.56. The minimum Gasteiger partial charge on any atom is -0.353 e. The van der Waals surface area contributed by atoms with Crippen LogP contribution in [-0.2, 0) is 23.1 Å². The number of carbonyl (C=O) groups is 1. The molecule has 28 heavy (non-hydrogen) atoms. The Morgan fingerprint density at radius 3 is 2.71 bits per heavy atom. The molecule has 0 spiro atoms. The summed E-state index contributed by atoms with van der Waals surface area (Å²) in [6.45, 7) is 11.3. The number of nitrogens with zero attached hydrogens (tertiary/aromatic N) is 2. The SMILES string of the molecule is Cc1[nH]nc2c1CCCc1c-2[nH]c2cc3c(cc12)N(CC(C)C)C(=O)C3(C)C. The molecule has 0 atom stereocenters. The fourth-order valence-electron chi connectivity index (χ4n) is 4.99. The van der Waals surface area contributed by atoms with Crippen LogP contribution in [0.2, 0.25) is 0 Å². The van der Waals surface area contributed by atoms with Crippen molar-refractivity contribution in [1.29, 1.82) is 0 Å². The van der Waals surface area contributed by atoms with Gasteiger partial charge in [-0.3, -0.25) is 9.89 Å². The van der Waals surface area contributed by atoms with Gasteiger partial charge in [-0.15, -0.1) is 0 Å². The van der Waals surface area contributed by atoms with Crippen LogP contribution in [0.3, 0.4) is 0 Å². The van der Waals surface area contributed by atoms with Crippen LogP contribution in [0.25, 0.3) is 22.3 Å². The normalized spacial score (nSPS) is 17.8. The average molecular weight is 377 g/mol. The van der Waals surface area contributed by atoms with Gasteiger partial charge < -0.3 is 9.88 Å². The van der Waals surface area contributed by atoms with Crippen LogP contribution in [0.4, 0.5) is 5.69 Å². The van der Waals surface area contributed by atoms with Gasteiger partial charge in [-0.1, -0.05) is 13.8 Å². The average Bonchev–Trinajstić information content (AvgIpc) is 3.17. The van der Waals surface area contributed by atoms with Gasteiger partial charge >= 0.3 is 0 Å². The van der Waals surface area contributed by atoms with E-state index in [1.165, 1.54) is 22.2 Å². The standard InChI is InChI=1S/C23H28N4O/c1-12(2)11-27-19-9-16-15-8-6-7-14-13(3)25-26-21(14)20(15)24-18(16)10-17(19)23(4,5)22(27)28/h9-10,12,24H,6-8,11H2,1-5H3,(H,25,26). The highest BCUT2D eigenvalue weighted by Crippen LogP contribution is 2.46. The largest absolute Gasteiger partial charge is 0.353 e. The van der Waals surface area contributed by atoms with Crippen LogP contribution in [-0.4, -0.2) is 27.6 Å². The lowest BCUT2D eigenvalue weighted by atomic mass is 9.85. The van der Waals surface area contributed by atoms with Crippen LogP contribution in [0.5, 0.6) is 0 Å². The second kappa shape index (κ2) is 5.72. The van der Waals surface area contributed by atoms with E-state index in [0.29, 0.717) is 5.92 Å². The first-order valence-electron chi connectivity index (χ1n) is 10.3. The Morgan fingerprint density at radius 1 is 1.21 bits per heavy atom. The Kier molecular flexibility index (Phi) is 3.58. The van der Waals surface area contributed by atoms with E-state index in [-0.39, 0.29) is 5.91 Å². The monoisotopic (exact) mass is 376 g/mol. The van der Waals surface area contributed by atoms with Gasteiger partial charge in [-0.25, -0.2) is 0 Å². The molecule has 2 N–H and O–H groups in total. The molecule has 0 bridgehead atoms. The third-order valence-electron chi connectivity index (χ3n) is 6.48. The number of hydrogen-bond acceptors (Lipinski definition) is 2. The number of aryl methyl sites for hydroxylation is 2. The fraction of sp³-hybridized carbons (Fsp3) is 0.478. The lowest BCUT2D eigenvalue weighted by Gasteiger charge is -2.22. The lowest BCUT2D eigenvalue weighted by Crippen LogP contribution is -2.38. The summed E-state index contributed by atoms with van der Waals surface area (Å²) in [5, 5.41) is 9.01. The number of anilines is 1. The van der Waals surface area contributed by atoms with Crippen LogP contribution < -0.4 is 4.90 Å². The topological polar surface area (TPSA) is 64.8 Å². The maximum atomic E-state index is 13.1. The van der Waals surface area contributed by atoms with Crippen molar-refractivity contribution in [1.82, 2.24) is 15.2 Å². The molecule has 1 aromatic carbocycles. The molecule has 0 fully saturated rings. The second-order valence-electron chi connectivity index (χ2n) is 9.36. The predicted molar refractivity (Wildman–Crippen MR) is 113 cm³/mol. The van der Waals surface area contributed by atoms with Gasteiger partial charge in [0.1, 0.15) is 5.69 Å². The molecule has 2 aromatic heterocycles. The van der Waals surface area contributed by atoms with Gasteiger partial charge in [0, 0.05) is 34.4 Å². The Labute approximate surface area is 165 Å². The van der Waals surface area contributed by atoms with Crippen LogP contribution >= 0.6 is 0 Å². The third-order valence-corrected chi connectivity index (χ3v) is 6.48. The molecule has 2 aliphatic rings. The highest BCUT2D eigenvalue weighted by molar-refractivity contribution is 6.10. The van der Waals surface area contributed by atoms with Crippen LogP contribution in [0.1, 0.15) is 56.5 Å². The van der Waals surface area contributed by atoms with E-state index in [4.69, 9.17) is 0 Å². The van der Waals surface area contributed by atoms with Crippen LogP contribution in [0.15, 0.2) is 12.1 Å². The zero-order valence-electron chi connectivity index (χ0n) is 17.4. The predicted octanol–water partition coefficient (Wildman–Crippen LogP) is 4.64. The molecule has 0 saturated carbocycles. The van der Waals surface area contributed by atoms with Crippen molar-refractivity contribution in [2.75, 3.05) is 11.4 Å². The van der Waals surface area contributed by atoms with E-state index in [1.807, 2.05) is 18.7 Å². The molecular weight excluding hydrogens is 348 g/mol. The molecule has 5 rings (SSSR count). The van der Waals surface area contributed by atoms with E-state index >= 15 is 0 Å². The molecular formula is C23H28N4O. The van der Waals surface area contributed by atoms with E-state index in [9.17, 15) is 4.79 Å². The van der Waals surface area contributed by atoms with E-state index in [1.54, 1.807) is 0 Å². The molecule has 0 radical (unpaired) electrons. The van der Waals surface area contributed by atoms with Gasteiger partial charge in [-0.2, -0.15) is 5.10 Å². The Bertz CT molecular complexity index is 1120. The molecule has 3 heterocycles. The molecule has 3 aromatic rings. The highest BCUT2D eigenvalue weighted by Gasteiger charge is 2.44. The van der Waals surface area contributed by atoms with Gasteiger partial charge in [0.05, 0.1) is 11.1 Å². The van der Waals surface area contributed by atoms with Crippen molar-refractivity contribution in [3.05, 3.63) is 34.5 Å². The molecule has 0 saturated heterocycles. The van der Waals surface area contributed by atoms with Crippen molar-refractivity contribution < 1.29 is 4.79 Å². The zero-order valence-corrected chi connectivity index (χ0v) is 17.4. The maximum absolute atomic E-state index is 13.1. The van der Waals surface area contributed by atoms with E-state index < -0.39 is 5.41 Å². The molecule has 1 aliphatic heterocycles. The number of benzene rings is 1. The van der Waals surface area contributed by atoms with E-state index in [2.05, 4.69) is 48.1 Å². The van der Waals surface area contributed by atoms with Crippen molar-refractivity contribution >= 4 is 22.5 Å². The smallest absolute Gasteiger partial charge is 0.237 e. The maximum Gasteiger partial charge on any atom is 0.237 e. The molecule has 1 amide bonds. The number of amides is 1. The lowest BCUT2D eigenvalue weighted by molar-refractivity contribution is -0.122. The van der Waals surface area contributed by atoms with Crippen molar-refractivity contribution in [2.45, 2.75) is 59.3 Å². The molecule has 1 aliphatic carbocycles. The molecule has 0 unspecified atom stereocenters. The highest BCUT2D eigenvalue weighted by atomic mass is 16.2. The van der Waals surface area contributed by atoms with Gasteiger partial charge in [0.15, 0.2) is 0 Å². The quantitative estimate of drug-likeness (QED) is 0.684. The summed E-state index contributed by atoms with van der Waals surface area (Å²) < 4.78 is 0. The van der Waals surface area contributed by atoms with Crippen molar-refractivity contribution in [2.24, 2.45) is 5.92 Å². The van der Waals surface area contributed by atoms with Crippen molar-refractivity contribution in [3.8, 4) is 11.4 Å². The number of H-pyrrole nitrogens is 2. The summed E-state index contributed by atoms with van der Waals surface area (Å²) in [5.41, 5.74) is 8.88. The van der Waals surface area contributed by atoms with Gasteiger partial charge in [-0.05, 0) is 69.2 Å². The third kappa shape index (κ3) is 2.25. The number of nitrogens with one attached hydrogen (secondary N) is 2. The first-order chi connectivity index (χ1) is 13.3. The second-order valence-corrected chi connectivity index (χ2v) is 9.36. The molecule has 5 nitrogen and oxygen atoms in total. The van der Waals surface area contributed by atoms with Crippen molar-refractivity contribution in [3.63, 3.8) is 0 Å². The summed E-state index contributed by atoms with van der Waals surface area (Å²) >= 11 is 0. The van der Waals surface area contributed by atoms with Gasteiger partial charge in [0.2, 0.25) is 5.91 Å². The number of hydrogen-bond donors (Lipinski definition) is 2. The summed E-state index contributed by atoms with van der Waals surface area (Å²) in [6.07, 6.45) is 3.20. The number of rotatable bonds is 2. The Balaban J connectivity index is 1.75. The minimum absolute atomic E-state index is 0.208. The molecule has 5 heteroatoms. The zero-order chi connectivity index (χ0) is 19.8. The van der Waals surface area contributed by atoms with Crippen LogP contribution in [0, 0.1) is 12.8 Å². The first-order valence-corrected chi connectivity index (χ1v) is 10.3. The molecule has 146 valence electrons. The fourth-order valence-corrected chi connectivity index (χ4v) is 4.99. The minimum atomic E-state index is -0.491. The summed E-state index contributed by atoms with van der Waals surface area (Å²) in [5.74, 6) is 0.638. The van der Waals surface area contributed by atoms with E-state index in [0.717, 1.165) is 54.0 Å². The van der Waals surface area contributed by atoms with Gasteiger partial charge in [0.25, 0.3) is 0 Å². The number of fused-ring (bicyclic) bond motifs is 6.